The van der Waals surface area contributed by atoms with Gasteiger partial charge in [-0.25, -0.2) is 0 Å². The van der Waals surface area contributed by atoms with Crippen LogP contribution in [0.25, 0.3) is 0 Å². The number of aromatic nitrogens is 2. The minimum Gasteiger partial charge on any atom is -0.508 e. The second-order valence-electron chi connectivity index (χ2n) is 5.27. The highest BCUT2D eigenvalue weighted by Gasteiger charge is 2.15. The Kier molecular flexibility index (Phi) is 4.59. The molecule has 21 heavy (non-hydrogen) atoms. The van der Waals surface area contributed by atoms with E-state index in [1.54, 1.807) is 41.3 Å². The first-order valence-electron chi connectivity index (χ1n) is 6.84. The van der Waals surface area contributed by atoms with E-state index in [0.717, 1.165) is 5.56 Å². The molecule has 0 spiro atoms. The monoisotopic (exact) mass is 288 g/mol. The van der Waals surface area contributed by atoms with Gasteiger partial charge in [0.15, 0.2) is 0 Å². The minimum atomic E-state index is -0.656. The maximum atomic E-state index is 12.0. The number of carbonyl (C=O) groups is 1. The highest BCUT2D eigenvalue weighted by atomic mass is 16.3. The van der Waals surface area contributed by atoms with E-state index in [-0.39, 0.29) is 17.7 Å². The molecular formula is C15H20N4O2. The summed E-state index contributed by atoms with van der Waals surface area (Å²) in [5, 5.41) is 16.1. The van der Waals surface area contributed by atoms with Gasteiger partial charge in [0.05, 0.1) is 17.9 Å². The molecule has 0 saturated carbocycles. The number of aromatic hydroxyl groups is 1. The number of rotatable bonds is 5. The molecule has 0 aliphatic carbocycles. The van der Waals surface area contributed by atoms with Crippen molar-refractivity contribution in [2.75, 3.05) is 5.32 Å². The normalized spacial score (nSPS) is 12.4. The molecule has 112 valence electrons. The van der Waals surface area contributed by atoms with E-state index < -0.39 is 6.04 Å². The number of nitrogens with two attached hydrogens (primary N) is 1. The van der Waals surface area contributed by atoms with E-state index in [2.05, 4.69) is 10.4 Å². The molecule has 2 rings (SSSR count). The van der Waals surface area contributed by atoms with Gasteiger partial charge < -0.3 is 16.2 Å². The van der Waals surface area contributed by atoms with Gasteiger partial charge in [0, 0.05) is 12.2 Å². The molecule has 0 unspecified atom stereocenters. The largest absolute Gasteiger partial charge is 0.508 e. The molecule has 0 bridgehead atoms. The van der Waals surface area contributed by atoms with E-state index in [1.165, 1.54) is 0 Å². The van der Waals surface area contributed by atoms with Gasteiger partial charge in [-0.05, 0) is 38.0 Å². The summed E-state index contributed by atoms with van der Waals surface area (Å²) in [5.74, 6) is -0.0655. The summed E-state index contributed by atoms with van der Waals surface area (Å²) in [6.07, 6.45) is 3.78. The van der Waals surface area contributed by atoms with E-state index in [9.17, 15) is 9.90 Å². The van der Waals surface area contributed by atoms with Gasteiger partial charge in [-0.2, -0.15) is 5.10 Å². The molecule has 6 heteroatoms. The third-order valence-corrected chi connectivity index (χ3v) is 3.13. The summed E-state index contributed by atoms with van der Waals surface area (Å²) >= 11 is 0. The van der Waals surface area contributed by atoms with Crippen LogP contribution in [-0.2, 0) is 11.2 Å². The molecule has 1 aromatic carbocycles. The maximum Gasteiger partial charge on any atom is 0.241 e. The first-order valence-corrected chi connectivity index (χ1v) is 6.84. The third-order valence-electron chi connectivity index (χ3n) is 3.13. The summed E-state index contributed by atoms with van der Waals surface area (Å²) in [6.45, 7) is 4.02. The molecular weight excluding hydrogens is 268 g/mol. The molecule has 0 aliphatic rings. The first-order chi connectivity index (χ1) is 9.95. The lowest BCUT2D eigenvalue weighted by Crippen LogP contribution is -2.37. The van der Waals surface area contributed by atoms with Crippen molar-refractivity contribution < 1.29 is 9.90 Å². The van der Waals surface area contributed by atoms with Gasteiger partial charge in [0.25, 0.3) is 0 Å². The summed E-state index contributed by atoms with van der Waals surface area (Å²) in [7, 11) is 0. The highest BCUT2D eigenvalue weighted by molar-refractivity contribution is 5.94. The molecule has 1 amide bonds. The van der Waals surface area contributed by atoms with Crippen LogP contribution in [0, 0.1) is 0 Å². The number of hydrogen-bond donors (Lipinski definition) is 3. The van der Waals surface area contributed by atoms with E-state index in [1.807, 2.05) is 13.8 Å². The van der Waals surface area contributed by atoms with E-state index >= 15 is 0 Å². The Morgan fingerprint density at radius 1 is 1.38 bits per heavy atom. The minimum absolute atomic E-state index is 0.192. The van der Waals surface area contributed by atoms with Crippen LogP contribution in [0.3, 0.4) is 0 Å². The number of nitrogens with zero attached hydrogens (tertiary/aromatic N) is 2. The number of nitrogens with one attached hydrogen (secondary N) is 1. The van der Waals surface area contributed by atoms with Crippen LogP contribution in [0.2, 0.25) is 0 Å². The van der Waals surface area contributed by atoms with Crippen LogP contribution in [0.5, 0.6) is 5.75 Å². The Morgan fingerprint density at radius 3 is 2.62 bits per heavy atom. The second-order valence-corrected chi connectivity index (χ2v) is 5.27. The van der Waals surface area contributed by atoms with Crippen molar-refractivity contribution in [1.29, 1.82) is 0 Å². The summed E-state index contributed by atoms with van der Waals surface area (Å²) < 4.78 is 1.76. The van der Waals surface area contributed by atoms with Crippen molar-refractivity contribution in [2.45, 2.75) is 32.4 Å². The van der Waals surface area contributed by atoms with Gasteiger partial charge in [0.1, 0.15) is 5.75 Å². The first kappa shape index (κ1) is 15.1. The van der Waals surface area contributed by atoms with Crippen LogP contribution in [0.15, 0.2) is 36.7 Å². The summed E-state index contributed by atoms with van der Waals surface area (Å²) in [5.41, 5.74) is 7.43. The fourth-order valence-corrected chi connectivity index (χ4v) is 1.90. The Morgan fingerprint density at radius 2 is 2.05 bits per heavy atom. The topological polar surface area (TPSA) is 93.2 Å². The zero-order valence-corrected chi connectivity index (χ0v) is 12.2. The molecule has 1 heterocycles. The molecule has 2 aromatic rings. The Balaban J connectivity index is 1.94. The Bertz CT molecular complexity index is 604. The molecule has 6 nitrogen and oxygen atoms in total. The van der Waals surface area contributed by atoms with Crippen molar-refractivity contribution >= 4 is 11.6 Å². The molecule has 1 atom stereocenters. The fraction of sp³-hybridized carbons (Fsp3) is 0.333. The smallest absolute Gasteiger partial charge is 0.241 e. The van der Waals surface area contributed by atoms with Crippen molar-refractivity contribution in [1.82, 2.24) is 9.78 Å². The number of hydrogen-bond acceptors (Lipinski definition) is 4. The number of anilines is 1. The summed E-state index contributed by atoms with van der Waals surface area (Å²) in [6, 6.07) is 6.23. The van der Waals surface area contributed by atoms with Crippen LogP contribution in [0.1, 0.15) is 25.5 Å². The number of benzene rings is 1. The Labute approximate surface area is 123 Å². The molecule has 4 N–H and O–H groups in total. The average Bonchev–Trinajstić information content (AvgIpc) is 2.90. The Hall–Kier alpha value is -2.34. The predicted octanol–water partition coefficient (Wildman–Crippen LogP) is 1.68. The molecule has 0 saturated heterocycles. The van der Waals surface area contributed by atoms with Crippen molar-refractivity contribution in [3.05, 3.63) is 42.2 Å². The van der Waals surface area contributed by atoms with Crippen molar-refractivity contribution in [3.8, 4) is 5.75 Å². The van der Waals surface area contributed by atoms with Gasteiger partial charge in [0.2, 0.25) is 5.91 Å². The number of carbonyl (C=O) groups excluding carboxylic acids is 1. The highest BCUT2D eigenvalue weighted by Crippen LogP contribution is 2.13. The average molecular weight is 288 g/mol. The predicted molar refractivity (Wildman–Crippen MR) is 81.0 cm³/mol. The van der Waals surface area contributed by atoms with Crippen molar-refractivity contribution in [2.24, 2.45) is 5.73 Å². The molecule has 0 radical (unpaired) electrons. The molecule has 0 aliphatic heterocycles. The van der Waals surface area contributed by atoms with Gasteiger partial charge in [-0.3, -0.25) is 9.48 Å². The lowest BCUT2D eigenvalue weighted by Gasteiger charge is -2.11. The number of amides is 1. The lowest BCUT2D eigenvalue weighted by atomic mass is 10.1. The number of phenolic OH excluding ortho intramolecular Hbond substituents is 1. The SMILES string of the molecule is CC(C)n1cc(NC(=O)[C@@H](N)Cc2ccc(O)cc2)cn1. The zero-order valence-electron chi connectivity index (χ0n) is 12.2. The fourth-order valence-electron chi connectivity index (χ4n) is 1.90. The molecule has 1 aromatic heterocycles. The maximum absolute atomic E-state index is 12.0. The van der Waals surface area contributed by atoms with Gasteiger partial charge in [-0.1, -0.05) is 12.1 Å². The third kappa shape index (κ3) is 4.06. The van der Waals surface area contributed by atoms with Crippen LogP contribution in [-0.4, -0.2) is 26.8 Å². The number of phenols is 1. The van der Waals surface area contributed by atoms with E-state index in [0.29, 0.717) is 12.1 Å². The van der Waals surface area contributed by atoms with Crippen LogP contribution < -0.4 is 11.1 Å². The summed E-state index contributed by atoms with van der Waals surface area (Å²) in [4.78, 5) is 12.0. The van der Waals surface area contributed by atoms with Crippen LogP contribution >= 0.6 is 0 Å². The van der Waals surface area contributed by atoms with Gasteiger partial charge in [-0.15, -0.1) is 0 Å². The second kappa shape index (κ2) is 6.41. The van der Waals surface area contributed by atoms with E-state index in [4.69, 9.17) is 5.73 Å². The van der Waals surface area contributed by atoms with Crippen molar-refractivity contribution in [3.63, 3.8) is 0 Å². The van der Waals surface area contributed by atoms with Crippen LogP contribution in [0.4, 0.5) is 5.69 Å². The quantitative estimate of drug-likeness (QED) is 0.780. The zero-order chi connectivity index (χ0) is 15.4. The standard InChI is InChI=1S/C15H20N4O2/c1-10(2)19-9-12(8-17-19)18-15(21)14(16)7-11-3-5-13(20)6-4-11/h3-6,8-10,14,20H,7,16H2,1-2H3,(H,18,21)/t14-/m0/s1. The molecule has 0 fully saturated rings. The van der Waals surface area contributed by atoms with Gasteiger partial charge >= 0.3 is 0 Å². The lowest BCUT2D eigenvalue weighted by molar-refractivity contribution is -0.117.